The molecule has 110 valence electrons. The second kappa shape index (κ2) is 6.35. The monoisotopic (exact) mass is 278 g/mol. The average molecular weight is 278 g/mol. The lowest BCUT2D eigenvalue weighted by Gasteiger charge is -2.29. The Bertz CT molecular complexity index is 452. The van der Waals surface area contributed by atoms with Gasteiger partial charge in [0.05, 0.1) is 11.6 Å². The molecule has 2 rings (SSSR count). The third-order valence-corrected chi connectivity index (χ3v) is 4.07. The topological polar surface area (TPSA) is 41.1 Å². The molecular weight excluding hydrogens is 255 g/mol. The first-order valence-corrected chi connectivity index (χ1v) is 7.39. The standard InChI is InChI=1S/C16H23FN2O/c1-3-9-16(10-4-11-18-16)15(20)19-12(2)13-5-7-14(17)8-6-13/h5-8,12,18H,3-4,9-11H2,1-2H3,(H,19,20)/t12-,16?/m1/s1. The molecule has 0 saturated carbocycles. The summed E-state index contributed by atoms with van der Waals surface area (Å²) in [5.74, 6) is -0.194. The Hall–Kier alpha value is -1.42. The third kappa shape index (κ3) is 3.18. The zero-order valence-corrected chi connectivity index (χ0v) is 12.2. The van der Waals surface area contributed by atoms with Crippen molar-refractivity contribution in [3.63, 3.8) is 0 Å². The minimum Gasteiger partial charge on any atom is -0.348 e. The van der Waals surface area contributed by atoms with Crippen molar-refractivity contribution in [2.45, 2.75) is 51.1 Å². The van der Waals surface area contributed by atoms with E-state index in [-0.39, 0.29) is 17.8 Å². The molecule has 1 aromatic rings. The van der Waals surface area contributed by atoms with Gasteiger partial charge >= 0.3 is 0 Å². The summed E-state index contributed by atoms with van der Waals surface area (Å²) >= 11 is 0. The lowest BCUT2D eigenvalue weighted by molar-refractivity contribution is -0.128. The molecule has 0 bridgehead atoms. The van der Waals surface area contributed by atoms with Crippen molar-refractivity contribution in [3.8, 4) is 0 Å². The fraction of sp³-hybridized carbons (Fsp3) is 0.562. The van der Waals surface area contributed by atoms with E-state index in [4.69, 9.17) is 0 Å². The predicted molar refractivity (Wildman–Crippen MR) is 77.8 cm³/mol. The van der Waals surface area contributed by atoms with Crippen LogP contribution in [0.4, 0.5) is 4.39 Å². The maximum atomic E-state index is 12.9. The zero-order chi connectivity index (χ0) is 14.6. The first kappa shape index (κ1) is 15.0. The van der Waals surface area contributed by atoms with E-state index in [1.807, 2.05) is 6.92 Å². The molecule has 1 saturated heterocycles. The van der Waals surface area contributed by atoms with Crippen LogP contribution in [0.5, 0.6) is 0 Å². The Labute approximate surface area is 120 Å². The van der Waals surface area contributed by atoms with Crippen molar-refractivity contribution < 1.29 is 9.18 Å². The number of amides is 1. The smallest absolute Gasteiger partial charge is 0.240 e. The van der Waals surface area contributed by atoms with Crippen LogP contribution in [0.25, 0.3) is 0 Å². The molecular formula is C16H23FN2O. The fourth-order valence-corrected chi connectivity index (χ4v) is 2.92. The Morgan fingerprint density at radius 1 is 1.45 bits per heavy atom. The van der Waals surface area contributed by atoms with Gasteiger partial charge in [-0.1, -0.05) is 25.5 Å². The molecule has 1 aromatic carbocycles. The van der Waals surface area contributed by atoms with Gasteiger partial charge in [-0.3, -0.25) is 4.79 Å². The number of carbonyl (C=O) groups is 1. The molecule has 0 aromatic heterocycles. The van der Waals surface area contributed by atoms with E-state index in [9.17, 15) is 9.18 Å². The van der Waals surface area contributed by atoms with Crippen LogP contribution < -0.4 is 10.6 Å². The maximum Gasteiger partial charge on any atom is 0.240 e. The number of rotatable bonds is 5. The molecule has 4 heteroatoms. The molecule has 1 aliphatic rings. The lowest BCUT2D eigenvalue weighted by Crippen LogP contribution is -2.53. The van der Waals surface area contributed by atoms with Crippen LogP contribution in [0.3, 0.4) is 0 Å². The summed E-state index contributed by atoms with van der Waals surface area (Å²) < 4.78 is 12.9. The largest absolute Gasteiger partial charge is 0.348 e. The van der Waals surface area contributed by atoms with Crippen LogP contribution in [-0.4, -0.2) is 18.0 Å². The summed E-state index contributed by atoms with van der Waals surface area (Å²) in [6.45, 7) is 4.93. The van der Waals surface area contributed by atoms with Gasteiger partial charge in [-0.2, -0.15) is 0 Å². The number of benzene rings is 1. The molecule has 20 heavy (non-hydrogen) atoms. The normalized spacial score (nSPS) is 23.6. The Morgan fingerprint density at radius 3 is 2.70 bits per heavy atom. The van der Waals surface area contributed by atoms with Crippen molar-refractivity contribution >= 4 is 5.91 Å². The highest BCUT2D eigenvalue weighted by Gasteiger charge is 2.40. The zero-order valence-electron chi connectivity index (χ0n) is 12.2. The predicted octanol–water partition coefficient (Wildman–Crippen LogP) is 2.93. The quantitative estimate of drug-likeness (QED) is 0.869. The molecule has 1 unspecified atom stereocenters. The highest BCUT2D eigenvalue weighted by Crippen LogP contribution is 2.26. The number of carbonyl (C=O) groups excluding carboxylic acids is 1. The average Bonchev–Trinajstić information content (AvgIpc) is 2.89. The van der Waals surface area contributed by atoms with Crippen LogP contribution in [-0.2, 0) is 4.79 Å². The molecule has 0 aliphatic carbocycles. The highest BCUT2D eigenvalue weighted by molar-refractivity contribution is 5.87. The molecule has 1 amide bonds. The minimum absolute atomic E-state index is 0.0636. The SMILES string of the molecule is CCCC1(C(=O)N[C@H](C)c2ccc(F)cc2)CCCN1. The van der Waals surface area contributed by atoms with Gasteiger partial charge < -0.3 is 10.6 Å². The Morgan fingerprint density at radius 2 is 2.15 bits per heavy atom. The van der Waals surface area contributed by atoms with Gasteiger partial charge in [-0.25, -0.2) is 4.39 Å². The molecule has 1 fully saturated rings. The van der Waals surface area contributed by atoms with Crippen LogP contribution in [0.2, 0.25) is 0 Å². The lowest BCUT2D eigenvalue weighted by atomic mass is 9.90. The van der Waals surface area contributed by atoms with E-state index >= 15 is 0 Å². The summed E-state index contributed by atoms with van der Waals surface area (Å²) in [5.41, 5.74) is 0.507. The van der Waals surface area contributed by atoms with Crippen LogP contribution in [0.15, 0.2) is 24.3 Å². The van der Waals surface area contributed by atoms with Crippen LogP contribution in [0, 0.1) is 5.82 Å². The number of hydrogen-bond donors (Lipinski definition) is 2. The van der Waals surface area contributed by atoms with Crippen molar-refractivity contribution in [1.82, 2.24) is 10.6 Å². The molecule has 0 spiro atoms. The molecule has 1 heterocycles. The van der Waals surface area contributed by atoms with E-state index in [1.54, 1.807) is 12.1 Å². The third-order valence-electron chi connectivity index (χ3n) is 4.07. The number of halogens is 1. The van der Waals surface area contributed by atoms with E-state index in [2.05, 4.69) is 17.6 Å². The van der Waals surface area contributed by atoms with Gasteiger partial charge in [0, 0.05) is 0 Å². The summed E-state index contributed by atoms with van der Waals surface area (Å²) in [6.07, 6.45) is 3.77. The van der Waals surface area contributed by atoms with Gasteiger partial charge in [-0.05, 0) is 50.4 Å². The number of hydrogen-bond acceptors (Lipinski definition) is 2. The van der Waals surface area contributed by atoms with Crippen molar-refractivity contribution in [3.05, 3.63) is 35.6 Å². The van der Waals surface area contributed by atoms with E-state index in [0.29, 0.717) is 0 Å². The summed E-state index contributed by atoms with van der Waals surface area (Å²) in [4.78, 5) is 12.6. The van der Waals surface area contributed by atoms with E-state index < -0.39 is 5.54 Å². The first-order valence-electron chi connectivity index (χ1n) is 7.39. The minimum atomic E-state index is -0.414. The first-order chi connectivity index (χ1) is 9.57. The maximum absolute atomic E-state index is 12.9. The molecule has 0 radical (unpaired) electrons. The van der Waals surface area contributed by atoms with Crippen molar-refractivity contribution in [1.29, 1.82) is 0 Å². The Balaban J connectivity index is 2.04. The van der Waals surface area contributed by atoms with Gasteiger partial charge in [0.25, 0.3) is 0 Å². The Kier molecular flexibility index (Phi) is 4.76. The summed E-state index contributed by atoms with van der Waals surface area (Å²) in [5, 5.41) is 6.42. The van der Waals surface area contributed by atoms with E-state index in [1.165, 1.54) is 12.1 Å². The van der Waals surface area contributed by atoms with Crippen LogP contribution in [0.1, 0.15) is 51.1 Å². The summed E-state index contributed by atoms with van der Waals surface area (Å²) in [7, 11) is 0. The molecule has 3 nitrogen and oxygen atoms in total. The second-order valence-corrected chi connectivity index (χ2v) is 5.61. The number of nitrogens with one attached hydrogen (secondary N) is 2. The summed E-state index contributed by atoms with van der Waals surface area (Å²) in [6, 6.07) is 6.17. The van der Waals surface area contributed by atoms with E-state index in [0.717, 1.165) is 37.8 Å². The van der Waals surface area contributed by atoms with Gasteiger partial charge in [0.2, 0.25) is 5.91 Å². The van der Waals surface area contributed by atoms with Gasteiger partial charge in [0.1, 0.15) is 5.82 Å². The molecule has 1 aliphatic heterocycles. The van der Waals surface area contributed by atoms with Gasteiger partial charge in [0.15, 0.2) is 0 Å². The van der Waals surface area contributed by atoms with Crippen LogP contribution >= 0.6 is 0 Å². The van der Waals surface area contributed by atoms with Crippen molar-refractivity contribution in [2.24, 2.45) is 0 Å². The fourth-order valence-electron chi connectivity index (χ4n) is 2.92. The highest BCUT2D eigenvalue weighted by atomic mass is 19.1. The van der Waals surface area contributed by atoms with Gasteiger partial charge in [-0.15, -0.1) is 0 Å². The molecule has 2 atom stereocenters. The second-order valence-electron chi connectivity index (χ2n) is 5.61. The van der Waals surface area contributed by atoms with Crippen molar-refractivity contribution in [2.75, 3.05) is 6.54 Å². The molecule has 2 N–H and O–H groups in total.